The predicted molar refractivity (Wildman–Crippen MR) is 94.5 cm³/mol. The number of benzene rings is 1. The number of carbonyl (C=O) groups excluding carboxylic acids is 2. The van der Waals surface area contributed by atoms with Crippen molar-refractivity contribution in [2.24, 2.45) is 0 Å². The summed E-state index contributed by atoms with van der Waals surface area (Å²) >= 11 is 0. The lowest BCUT2D eigenvalue weighted by molar-refractivity contribution is -0.132. The summed E-state index contributed by atoms with van der Waals surface area (Å²) in [5.41, 5.74) is 1.40. The Kier molecular flexibility index (Phi) is 6.19. The third kappa shape index (κ3) is 5.60. The van der Waals surface area contributed by atoms with Crippen LogP contribution in [0.3, 0.4) is 0 Å². The maximum atomic E-state index is 12.3. The van der Waals surface area contributed by atoms with E-state index in [2.05, 4.69) is 4.72 Å². The molecule has 0 aromatic heterocycles. The van der Waals surface area contributed by atoms with Gasteiger partial charge in [0.2, 0.25) is 10.0 Å². The summed E-state index contributed by atoms with van der Waals surface area (Å²) in [4.78, 5) is 26.0. The molecular weight excluding hydrogens is 344 g/mol. The van der Waals surface area contributed by atoms with Crippen LogP contribution in [0.25, 0.3) is 0 Å². The largest absolute Gasteiger partial charge is 0.452 e. The summed E-state index contributed by atoms with van der Waals surface area (Å²) in [6.45, 7) is 2.04. The zero-order valence-corrected chi connectivity index (χ0v) is 15.1. The summed E-state index contributed by atoms with van der Waals surface area (Å²) in [7, 11) is -3.44. The van der Waals surface area contributed by atoms with Crippen molar-refractivity contribution in [1.29, 1.82) is 0 Å². The summed E-state index contributed by atoms with van der Waals surface area (Å²) in [6, 6.07) is 5.92. The van der Waals surface area contributed by atoms with Crippen LogP contribution in [0.2, 0.25) is 0 Å². The molecule has 1 N–H and O–H groups in total. The molecule has 0 spiro atoms. The van der Waals surface area contributed by atoms with Crippen molar-refractivity contribution < 1.29 is 22.7 Å². The van der Waals surface area contributed by atoms with E-state index >= 15 is 0 Å². The number of hydrogen-bond donors (Lipinski definition) is 1. The van der Waals surface area contributed by atoms with Gasteiger partial charge in [-0.3, -0.25) is 9.52 Å². The molecule has 0 saturated heterocycles. The number of allylic oxidation sites excluding steroid dienone is 2. The van der Waals surface area contributed by atoms with E-state index in [0.717, 1.165) is 31.2 Å². The Hall–Kier alpha value is -2.35. The highest BCUT2D eigenvalue weighted by Crippen LogP contribution is 2.21. The molecule has 2 rings (SSSR count). The van der Waals surface area contributed by atoms with Crippen LogP contribution in [0.15, 0.2) is 36.0 Å². The van der Waals surface area contributed by atoms with E-state index in [1.54, 1.807) is 4.90 Å². The normalized spacial score (nSPS) is 13.9. The highest BCUT2D eigenvalue weighted by Gasteiger charge is 2.20. The predicted octanol–water partition coefficient (Wildman–Crippen LogP) is 2.13. The van der Waals surface area contributed by atoms with Gasteiger partial charge in [-0.2, -0.15) is 0 Å². The number of sulfonamides is 1. The van der Waals surface area contributed by atoms with Crippen molar-refractivity contribution in [2.75, 3.05) is 24.1 Å². The van der Waals surface area contributed by atoms with Gasteiger partial charge in [0.15, 0.2) is 6.61 Å². The van der Waals surface area contributed by atoms with Gasteiger partial charge in [0.05, 0.1) is 11.8 Å². The standard InChI is InChI=1S/C17H22N2O5S/c1-3-19(15-9-4-5-10-15)16(20)12-24-17(21)13-7-6-8-14(11-13)18-25(2,22)23/h6-9,11,18H,3-5,10,12H2,1-2H3. The molecule has 136 valence electrons. The monoisotopic (exact) mass is 366 g/mol. The number of nitrogens with one attached hydrogen (secondary N) is 1. The summed E-state index contributed by atoms with van der Waals surface area (Å²) < 4.78 is 29.9. The van der Waals surface area contributed by atoms with Crippen LogP contribution in [0.5, 0.6) is 0 Å². The second-order valence-corrected chi connectivity index (χ2v) is 7.51. The fourth-order valence-corrected chi connectivity index (χ4v) is 3.21. The topological polar surface area (TPSA) is 92.8 Å². The van der Waals surface area contributed by atoms with Gasteiger partial charge in [-0.1, -0.05) is 12.1 Å². The van der Waals surface area contributed by atoms with Crippen molar-refractivity contribution in [1.82, 2.24) is 4.90 Å². The first-order chi connectivity index (χ1) is 11.8. The van der Waals surface area contributed by atoms with Gasteiger partial charge in [0, 0.05) is 17.9 Å². The SMILES string of the molecule is CCN(C(=O)COC(=O)c1cccc(NS(C)(=O)=O)c1)C1=CCCC1. The van der Waals surface area contributed by atoms with Crippen LogP contribution in [0.1, 0.15) is 36.5 Å². The number of likely N-dealkylation sites (N-methyl/N-ethyl adjacent to an activating group) is 1. The van der Waals surface area contributed by atoms with E-state index in [1.165, 1.54) is 24.3 Å². The molecule has 25 heavy (non-hydrogen) atoms. The molecule has 0 fully saturated rings. The molecule has 1 aromatic carbocycles. The molecule has 0 saturated carbocycles. The number of rotatable bonds is 7. The lowest BCUT2D eigenvalue weighted by Crippen LogP contribution is -2.33. The zero-order chi connectivity index (χ0) is 18.4. The molecule has 1 aliphatic carbocycles. The smallest absolute Gasteiger partial charge is 0.338 e. The van der Waals surface area contributed by atoms with Crippen LogP contribution in [-0.4, -0.2) is 44.6 Å². The Balaban J connectivity index is 1.97. The second-order valence-electron chi connectivity index (χ2n) is 5.76. The first-order valence-corrected chi connectivity index (χ1v) is 9.93. The summed E-state index contributed by atoms with van der Waals surface area (Å²) in [5, 5.41) is 0. The van der Waals surface area contributed by atoms with Crippen LogP contribution in [0.4, 0.5) is 5.69 Å². The van der Waals surface area contributed by atoms with Gasteiger partial charge >= 0.3 is 5.97 Å². The lowest BCUT2D eigenvalue weighted by Gasteiger charge is -2.22. The molecule has 0 atom stereocenters. The Bertz CT molecular complexity index is 786. The number of hydrogen-bond acceptors (Lipinski definition) is 5. The van der Waals surface area contributed by atoms with Gasteiger partial charge in [-0.15, -0.1) is 0 Å². The fraction of sp³-hybridized carbons (Fsp3) is 0.412. The Labute approximate surface area is 147 Å². The minimum Gasteiger partial charge on any atom is -0.452 e. The second kappa shape index (κ2) is 8.15. The first kappa shape index (κ1) is 19.0. The summed E-state index contributed by atoms with van der Waals surface area (Å²) in [5.74, 6) is -0.948. The van der Waals surface area contributed by atoms with Gasteiger partial charge in [0.1, 0.15) is 0 Å². The van der Waals surface area contributed by atoms with Gasteiger partial charge in [-0.25, -0.2) is 13.2 Å². The average Bonchev–Trinajstić information content (AvgIpc) is 3.06. The molecular formula is C17H22N2O5S. The fourth-order valence-electron chi connectivity index (χ4n) is 2.65. The molecule has 1 amide bonds. The van der Waals surface area contributed by atoms with E-state index in [-0.39, 0.29) is 23.8 Å². The molecule has 0 radical (unpaired) electrons. The molecule has 8 heteroatoms. The maximum absolute atomic E-state index is 12.3. The first-order valence-electron chi connectivity index (χ1n) is 8.04. The number of nitrogens with zero attached hydrogens (tertiary/aromatic N) is 1. The van der Waals surface area contributed by atoms with E-state index in [4.69, 9.17) is 4.74 Å². The Morgan fingerprint density at radius 1 is 1.32 bits per heavy atom. The van der Waals surface area contributed by atoms with Gasteiger partial charge in [0.25, 0.3) is 5.91 Å². The van der Waals surface area contributed by atoms with E-state index in [1.807, 2.05) is 13.0 Å². The molecule has 1 aliphatic rings. The van der Waals surface area contributed by atoms with E-state index in [0.29, 0.717) is 6.54 Å². The highest BCUT2D eigenvalue weighted by molar-refractivity contribution is 7.92. The molecule has 1 aromatic rings. The number of ether oxygens (including phenoxy) is 1. The van der Waals surface area contributed by atoms with E-state index in [9.17, 15) is 18.0 Å². The van der Waals surface area contributed by atoms with Crippen molar-refractivity contribution in [3.63, 3.8) is 0 Å². The van der Waals surface area contributed by atoms with Crippen LogP contribution in [0, 0.1) is 0 Å². The Morgan fingerprint density at radius 3 is 2.68 bits per heavy atom. The number of amides is 1. The minimum atomic E-state index is -3.44. The quantitative estimate of drug-likeness (QED) is 0.746. The third-order valence-electron chi connectivity index (χ3n) is 3.71. The highest BCUT2D eigenvalue weighted by atomic mass is 32.2. The number of esters is 1. The van der Waals surface area contributed by atoms with Gasteiger partial charge in [-0.05, 0) is 44.4 Å². The van der Waals surface area contributed by atoms with E-state index < -0.39 is 16.0 Å². The number of anilines is 1. The lowest BCUT2D eigenvalue weighted by atomic mass is 10.2. The number of carbonyl (C=O) groups is 2. The molecule has 0 aliphatic heterocycles. The van der Waals surface area contributed by atoms with Crippen LogP contribution >= 0.6 is 0 Å². The van der Waals surface area contributed by atoms with Crippen LogP contribution in [-0.2, 0) is 19.6 Å². The summed E-state index contributed by atoms with van der Waals surface area (Å²) in [6.07, 6.45) is 5.89. The van der Waals surface area contributed by atoms with Crippen molar-refractivity contribution >= 4 is 27.6 Å². The molecule has 0 heterocycles. The Morgan fingerprint density at radius 2 is 2.08 bits per heavy atom. The average molecular weight is 366 g/mol. The van der Waals surface area contributed by atoms with Crippen molar-refractivity contribution in [2.45, 2.75) is 26.2 Å². The minimum absolute atomic E-state index is 0.171. The zero-order valence-electron chi connectivity index (χ0n) is 14.3. The maximum Gasteiger partial charge on any atom is 0.338 e. The molecule has 0 bridgehead atoms. The van der Waals surface area contributed by atoms with Crippen molar-refractivity contribution in [3.05, 3.63) is 41.6 Å². The molecule has 7 nitrogen and oxygen atoms in total. The van der Waals surface area contributed by atoms with Crippen molar-refractivity contribution in [3.8, 4) is 0 Å². The molecule has 0 unspecified atom stereocenters. The van der Waals surface area contributed by atoms with Gasteiger partial charge < -0.3 is 9.64 Å². The van der Waals surface area contributed by atoms with Crippen LogP contribution < -0.4 is 4.72 Å². The third-order valence-corrected chi connectivity index (χ3v) is 4.32.